The molecule has 1 atom stereocenters. The van der Waals surface area contributed by atoms with Crippen molar-refractivity contribution in [2.75, 3.05) is 18.5 Å². The summed E-state index contributed by atoms with van der Waals surface area (Å²) in [6, 6.07) is 13.7. The third-order valence-corrected chi connectivity index (χ3v) is 4.11. The van der Waals surface area contributed by atoms with E-state index in [2.05, 4.69) is 11.4 Å². The predicted molar refractivity (Wildman–Crippen MR) is 84.2 cm³/mol. The zero-order valence-corrected chi connectivity index (χ0v) is 12.4. The highest BCUT2D eigenvalue weighted by atomic mass is 35.5. The number of halogens is 2. The number of rotatable bonds is 3. The van der Waals surface area contributed by atoms with E-state index in [9.17, 15) is 0 Å². The van der Waals surface area contributed by atoms with Crippen LogP contribution in [0.4, 0.5) is 5.69 Å². The van der Waals surface area contributed by atoms with Gasteiger partial charge in [0.05, 0.1) is 17.3 Å². The first-order valence-electron chi connectivity index (χ1n) is 6.64. The van der Waals surface area contributed by atoms with Gasteiger partial charge in [-0.25, -0.2) is 0 Å². The van der Waals surface area contributed by atoms with E-state index >= 15 is 0 Å². The van der Waals surface area contributed by atoms with Crippen LogP contribution in [0, 0.1) is 0 Å². The molecule has 0 radical (unpaired) electrons. The maximum atomic E-state index is 6.17. The molecule has 3 rings (SSSR count). The lowest BCUT2D eigenvalue weighted by Crippen LogP contribution is -2.20. The van der Waals surface area contributed by atoms with Gasteiger partial charge in [0.2, 0.25) is 0 Å². The van der Waals surface area contributed by atoms with Gasteiger partial charge in [0.15, 0.2) is 0 Å². The number of hydrogen-bond acceptors (Lipinski definition) is 2. The van der Waals surface area contributed by atoms with E-state index in [0.717, 1.165) is 31.0 Å². The van der Waals surface area contributed by atoms with Crippen LogP contribution in [0.15, 0.2) is 42.5 Å². The molecule has 1 unspecified atom stereocenters. The first-order valence-corrected chi connectivity index (χ1v) is 7.40. The fraction of sp³-hybridized carbons (Fsp3) is 0.250. The van der Waals surface area contributed by atoms with Crippen LogP contribution in [0.1, 0.15) is 17.9 Å². The predicted octanol–water partition coefficient (Wildman–Crippen LogP) is 4.97. The normalized spacial score (nSPS) is 17.2. The van der Waals surface area contributed by atoms with Crippen molar-refractivity contribution >= 4 is 28.9 Å². The molecule has 20 heavy (non-hydrogen) atoms. The van der Waals surface area contributed by atoms with Crippen LogP contribution in [0.3, 0.4) is 0 Å². The van der Waals surface area contributed by atoms with Gasteiger partial charge in [-0.2, -0.15) is 0 Å². The standard InChI is InChI=1S/C16H15Cl2NO/c17-12-5-6-14(18)15(9-12)19-10-11-7-8-20-16-4-2-1-3-13(11)16/h1-6,9,11,19H,7-8,10H2. The Labute approximate surface area is 128 Å². The number of benzene rings is 2. The summed E-state index contributed by atoms with van der Waals surface area (Å²) in [5.41, 5.74) is 2.13. The Morgan fingerprint density at radius 2 is 2.00 bits per heavy atom. The number of anilines is 1. The van der Waals surface area contributed by atoms with E-state index in [-0.39, 0.29) is 0 Å². The minimum absolute atomic E-state index is 0.426. The number of hydrogen-bond donors (Lipinski definition) is 1. The summed E-state index contributed by atoms with van der Waals surface area (Å²) < 4.78 is 5.67. The highest BCUT2D eigenvalue weighted by molar-refractivity contribution is 6.35. The lowest BCUT2D eigenvalue weighted by atomic mass is 9.93. The minimum Gasteiger partial charge on any atom is -0.493 e. The molecule has 0 amide bonds. The molecule has 2 aromatic rings. The van der Waals surface area contributed by atoms with Gasteiger partial charge in [-0.15, -0.1) is 0 Å². The van der Waals surface area contributed by atoms with Crippen molar-refractivity contribution in [3.8, 4) is 5.75 Å². The molecule has 2 aromatic carbocycles. The molecular formula is C16H15Cl2NO. The Balaban J connectivity index is 1.75. The molecule has 0 spiro atoms. The van der Waals surface area contributed by atoms with Crippen molar-refractivity contribution in [3.05, 3.63) is 58.1 Å². The molecule has 1 aliphatic rings. The largest absolute Gasteiger partial charge is 0.493 e. The Bertz CT molecular complexity index is 615. The van der Waals surface area contributed by atoms with Gasteiger partial charge >= 0.3 is 0 Å². The molecule has 0 aromatic heterocycles. The molecule has 0 fully saturated rings. The molecule has 2 nitrogen and oxygen atoms in total. The van der Waals surface area contributed by atoms with Crippen molar-refractivity contribution < 1.29 is 4.74 Å². The van der Waals surface area contributed by atoms with Crippen LogP contribution in [-0.4, -0.2) is 13.2 Å². The first-order chi connectivity index (χ1) is 9.74. The van der Waals surface area contributed by atoms with Gasteiger partial charge in [0, 0.05) is 17.5 Å². The van der Waals surface area contributed by atoms with Crippen molar-refractivity contribution in [3.63, 3.8) is 0 Å². The number of nitrogens with one attached hydrogen (secondary N) is 1. The van der Waals surface area contributed by atoms with Gasteiger partial charge in [-0.3, -0.25) is 0 Å². The van der Waals surface area contributed by atoms with Crippen molar-refractivity contribution in [1.29, 1.82) is 0 Å². The Hall–Kier alpha value is -1.38. The fourth-order valence-electron chi connectivity index (χ4n) is 2.49. The molecule has 0 bridgehead atoms. The molecule has 1 heterocycles. The molecular weight excluding hydrogens is 293 g/mol. The summed E-state index contributed by atoms with van der Waals surface area (Å²) in [6.07, 6.45) is 1.00. The molecule has 0 saturated heterocycles. The van der Waals surface area contributed by atoms with Crippen LogP contribution in [-0.2, 0) is 0 Å². The Morgan fingerprint density at radius 1 is 1.15 bits per heavy atom. The third kappa shape index (κ3) is 2.87. The van der Waals surface area contributed by atoms with E-state index < -0.39 is 0 Å². The summed E-state index contributed by atoms with van der Waals surface area (Å²) >= 11 is 12.2. The van der Waals surface area contributed by atoms with Gasteiger partial charge in [0.25, 0.3) is 0 Å². The van der Waals surface area contributed by atoms with E-state index in [4.69, 9.17) is 27.9 Å². The SMILES string of the molecule is Clc1ccc(Cl)c(NCC2CCOc3ccccc32)c1. The summed E-state index contributed by atoms with van der Waals surface area (Å²) in [7, 11) is 0. The third-order valence-electron chi connectivity index (χ3n) is 3.55. The maximum absolute atomic E-state index is 6.17. The second kappa shape index (κ2) is 5.94. The minimum atomic E-state index is 0.426. The van der Waals surface area contributed by atoms with Crippen LogP contribution < -0.4 is 10.1 Å². The van der Waals surface area contributed by atoms with Crippen LogP contribution >= 0.6 is 23.2 Å². The van der Waals surface area contributed by atoms with E-state index in [1.54, 1.807) is 6.07 Å². The second-order valence-electron chi connectivity index (χ2n) is 4.88. The van der Waals surface area contributed by atoms with Gasteiger partial charge in [-0.1, -0.05) is 41.4 Å². The number of ether oxygens (including phenoxy) is 1. The Morgan fingerprint density at radius 3 is 2.90 bits per heavy atom. The summed E-state index contributed by atoms with van der Waals surface area (Å²) in [4.78, 5) is 0. The van der Waals surface area contributed by atoms with Crippen molar-refractivity contribution in [1.82, 2.24) is 0 Å². The molecule has 1 N–H and O–H groups in total. The quantitative estimate of drug-likeness (QED) is 0.864. The number of para-hydroxylation sites is 1. The van der Waals surface area contributed by atoms with Crippen molar-refractivity contribution in [2.45, 2.75) is 12.3 Å². The van der Waals surface area contributed by atoms with E-state index in [1.807, 2.05) is 30.3 Å². The average Bonchev–Trinajstić information content (AvgIpc) is 2.48. The topological polar surface area (TPSA) is 21.3 Å². The van der Waals surface area contributed by atoms with E-state index in [0.29, 0.717) is 16.0 Å². The summed E-state index contributed by atoms with van der Waals surface area (Å²) in [6.45, 7) is 1.58. The highest BCUT2D eigenvalue weighted by Crippen LogP contribution is 2.34. The van der Waals surface area contributed by atoms with Crippen LogP contribution in [0.25, 0.3) is 0 Å². The number of fused-ring (bicyclic) bond motifs is 1. The monoisotopic (exact) mass is 307 g/mol. The smallest absolute Gasteiger partial charge is 0.122 e. The Kier molecular flexibility index (Phi) is 4.04. The molecule has 4 heteroatoms. The van der Waals surface area contributed by atoms with Gasteiger partial charge in [0.1, 0.15) is 5.75 Å². The molecule has 0 aliphatic carbocycles. The van der Waals surface area contributed by atoms with E-state index in [1.165, 1.54) is 5.56 Å². The summed E-state index contributed by atoms with van der Waals surface area (Å²) in [5, 5.41) is 4.77. The van der Waals surface area contributed by atoms with Crippen LogP contribution in [0.5, 0.6) is 5.75 Å². The van der Waals surface area contributed by atoms with Crippen molar-refractivity contribution in [2.24, 2.45) is 0 Å². The molecule has 1 aliphatic heterocycles. The van der Waals surface area contributed by atoms with Crippen LogP contribution in [0.2, 0.25) is 10.0 Å². The second-order valence-corrected chi connectivity index (χ2v) is 5.72. The van der Waals surface area contributed by atoms with Gasteiger partial charge < -0.3 is 10.1 Å². The fourth-order valence-corrected chi connectivity index (χ4v) is 2.85. The van der Waals surface area contributed by atoms with Gasteiger partial charge in [-0.05, 0) is 36.2 Å². The zero-order valence-electron chi connectivity index (χ0n) is 10.9. The lowest BCUT2D eigenvalue weighted by Gasteiger charge is -2.26. The summed E-state index contributed by atoms with van der Waals surface area (Å²) in [5.74, 6) is 1.41. The zero-order chi connectivity index (χ0) is 13.9. The molecule has 0 saturated carbocycles. The first kappa shape index (κ1) is 13.6. The highest BCUT2D eigenvalue weighted by Gasteiger charge is 2.20. The maximum Gasteiger partial charge on any atom is 0.122 e. The lowest BCUT2D eigenvalue weighted by molar-refractivity contribution is 0.270. The molecule has 104 valence electrons. The average molecular weight is 308 g/mol.